The first-order valence-corrected chi connectivity index (χ1v) is 12.3. The quantitative estimate of drug-likeness (QED) is 0.542. The molecule has 3 heterocycles. The number of aromatic nitrogens is 3. The number of hydrogen-bond donors (Lipinski definition) is 1. The molecule has 0 atom stereocenters. The van der Waals surface area contributed by atoms with Crippen LogP contribution < -0.4 is 10.1 Å². The number of pyridine rings is 1. The van der Waals surface area contributed by atoms with Gasteiger partial charge in [-0.2, -0.15) is 5.10 Å². The molecular formula is C23H23FN4O4S. The van der Waals surface area contributed by atoms with Crippen LogP contribution in [-0.4, -0.2) is 41.4 Å². The van der Waals surface area contributed by atoms with Gasteiger partial charge in [-0.3, -0.25) is 9.48 Å². The van der Waals surface area contributed by atoms with Crippen molar-refractivity contribution < 1.29 is 22.3 Å². The van der Waals surface area contributed by atoms with Crippen molar-refractivity contribution in [3.05, 3.63) is 53.6 Å². The van der Waals surface area contributed by atoms with Crippen molar-refractivity contribution in [2.75, 3.05) is 17.7 Å². The standard InChI is InChI=1S/C23H23FN4O4S/c1-23(2)13-32-19-11-15(6-8-25-19)21-17(24)10-14-4-3-5-16(14)22(21)26-18(29)12-33(30,31)20-7-9-28(23)27-20/h6-11H,3-5,12-13H2,1-2H3,(H,26,29). The van der Waals surface area contributed by atoms with Gasteiger partial charge in [-0.25, -0.2) is 17.8 Å². The van der Waals surface area contributed by atoms with E-state index in [0.717, 1.165) is 17.5 Å². The highest BCUT2D eigenvalue weighted by atomic mass is 32.2. The summed E-state index contributed by atoms with van der Waals surface area (Å²) < 4.78 is 48.5. The number of sulfone groups is 1. The zero-order chi connectivity index (χ0) is 23.4. The van der Waals surface area contributed by atoms with Crippen molar-refractivity contribution in [1.82, 2.24) is 14.8 Å². The van der Waals surface area contributed by atoms with Crippen LogP contribution in [0.25, 0.3) is 11.1 Å². The summed E-state index contributed by atoms with van der Waals surface area (Å²) in [5.74, 6) is -1.75. The maximum Gasteiger partial charge on any atom is 0.240 e. The number of hydrogen-bond acceptors (Lipinski definition) is 6. The Morgan fingerprint density at radius 1 is 1.21 bits per heavy atom. The highest BCUT2D eigenvalue weighted by Gasteiger charge is 2.30. The predicted octanol–water partition coefficient (Wildman–Crippen LogP) is 3.11. The molecule has 0 unspecified atom stereocenters. The summed E-state index contributed by atoms with van der Waals surface area (Å²) in [7, 11) is -4.01. The molecule has 3 aromatic rings. The van der Waals surface area contributed by atoms with Crippen LogP contribution in [0.4, 0.5) is 10.1 Å². The number of nitrogens with zero attached hydrogens (tertiary/aromatic N) is 3. The van der Waals surface area contributed by atoms with Gasteiger partial charge in [0.25, 0.3) is 0 Å². The van der Waals surface area contributed by atoms with E-state index >= 15 is 4.39 Å². The summed E-state index contributed by atoms with van der Waals surface area (Å²) in [4.78, 5) is 17.1. The number of fused-ring (bicyclic) bond motifs is 8. The van der Waals surface area contributed by atoms with Gasteiger partial charge in [0.1, 0.15) is 18.2 Å². The fourth-order valence-electron chi connectivity index (χ4n) is 4.32. The zero-order valence-electron chi connectivity index (χ0n) is 18.3. The van der Waals surface area contributed by atoms with Crippen molar-refractivity contribution in [3.8, 4) is 17.0 Å². The first-order chi connectivity index (χ1) is 15.6. The summed E-state index contributed by atoms with van der Waals surface area (Å²) in [5.41, 5.74) is 1.92. The number of rotatable bonds is 0. The average Bonchev–Trinajstić information content (AvgIpc) is 3.42. The summed E-state index contributed by atoms with van der Waals surface area (Å²) in [6.45, 7) is 3.81. The Labute approximate surface area is 190 Å². The van der Waals surface area contributed by atoms with Crippen molar-refractivity contribution in [2.24, 2.45) is 0 Å². The van der Waals surface area contributed by atoms with E-state index in [4.69, 9.17) is 4.74 Å². The minimum Gasteiger partial charge on any atom is -0.475 e. The third-order valence-corrected chi connectivity index (χ3v) is 7.54. The normalized spacial score (nSPS) is 18.8. The van der Waals surface area contributed by atoms with Crippen LogP contribution in [0.1, 0.15) is 31.4 Å². The lowest BCUT2D eigenvalue weighted by molar-refractivity contribution is -0.113. The number of nitrogens with one attached hydrogen (secondary N) is 1. The molecule has 2 aromatic heterocycles. The maximum absolute atomic E-state index is 15.3. The van der Waals surface area contributed by atoms with Gasteiger partial charge in [0.15, 0.2) is 5.03 Å². The molecule has 0 radical (unpaired) electrons. The number of ether oxygens (including phenoxy) is 1. The van der Waals surface area contributed by atoms with Gasteiger partial charge < -0.3 is 10.1 Å². The van der Waals surface area contributed by atoms with Crippen LogP contribution in [-0.2, 0) is 33.0 Å². The third kappa shape index (κ3) is 3.88. The van der Waals surface area contributed by atoms with Gasteiger partial charge in [-0.05, 0) is 68.0 Å². The first-order valence-electron chi connectivity index (χ1n) is 10.7. The second kappa shape index (κ2) is 7.65. The number of carbonyl (C=O) groups is 1. The van der Waals surface area contributed by atoms with E-state index in [0.29, 0.717) is 24.1 Å². The Hall–Kier alpha value is -3.27. The first kappa shape index (κ1) is 21.6. The molecule has 1 aromatic carbocycles. The molecular weight excluding hydrogens is 447 g/mol. The Bertz CT molecular complexity index is 1380. The van der Waals surface area contributed by atoms with Crippen LogP contribution in [0.15, 0.2) is 41.7 Å². The number of anilines is 1. The van der Waals surface area contributed by atoms with Crippen molar-refractivity contribution >= 4 is 21.4 Å². The second-order valence-electron chi connectivity index (χ2n) is 8.99. The van der Waals surface area contributed by atoms with E-state index in [2.05, 4.69) is 15.4 Å². The molecule has 1 N–H and O–H groups in total. The fourth-order valence-corrected chi connectivity index (χ4v) is 5.37. The topological polar surface area (TPSA) is 103 Å². The maximum atomic E-state index is 15.3. The Balaban J connectivity index is 1.69. The SMILES string of the molecule is CC1(C)COc2cc(ccn2)-c2c(F)cc3c(c2NC(=O)CS(=O)(=O)c2ccn1n2)CCC3. The Kier molecular flexibility index (Phi) is 5.00. The molecule has 0 saturated carbocycles. The number of amides is 1. The van der Waals surface area contributed by atoms with Gasteiger partial charge in [-0.15, -0.1) is 0 Å². The molecule has 8 nitrogen and oxygen atoms in total. The van der Waals surface area contributed by atoms with Gasteiger partial charge in [0.05, 0.1) is 11.2 Å². The largest absolute Gasteiger partial charge is 0.475 e. The number of halogens is 1. The predicted molar refractivity (Wildman–Crippen MR) is 119 cm³/mol. The smallest absolute Gasteiger partial charge is 0.240 e. The van der Waals surface area contributed by atoms with Crippen LogP contribution in [0.2, 0.25) is 0 Å². The van der Waals surface area contributed by atoms with Crippen LogP contribution in [0, 0.1) is 5.82 Å². The highest BCUT2D eigenvalue weighted by molar-refractivity contribution is 7.92. The number of benzene rings is 1. The fraction of sp³-hybridized carbons (Fsp3) is 0.348. The van der Waals surface area contributed by atoms with Gasteiger partial charge in [0.2, 0.25) is 21.6 Å². The molecule has 172 valence electrons. The molecule has 1 aliphatic heterocycles. The van der Waals surface area contributed by atoms with Crippen molar-refractivity contribution in [3.63, 3.8) is 0 Å². The minimum atomic E-state index is -4.01. The molecule has 0 spiro atoms. The summed E-state index contributed by atoms with van der Waals surface area (Å²) >= 11 is 0. The van der Waals surface area contributed by atoms with Crippen molar-refractivity contribution in [1.29, 1.82) is 0 Å². The number of carbonyl (C=O) groups excluding carboxylic acids is 1. The highest BCUT2D eigenvalue weighted by Crippen LogP contribution is 2.40. The minimum absolute atomic E-state index is 0.140. The lowest BCUT2D eigenvalue weighted by atomic mass is 9.97. The lowest BCUT2D eigenvalue weighted by Crippen LogP contribution is -2.34. The zero-order valence-corrected chi connectivity index (χ0v) is 19.1. The van der Waals surface area contributed by atoms with Gasteiger partial charge >= 0.3 is 0 Å². The summed E-state index contributed by atoms with van der Waals surface area (Å²) in [5, 5.41) is 6.69. The molecule has 10 heteroatoms. The van der Waals surface area contributed by atoms with E-state index in [9.17, 15) is 13.2 Å². The molecule has 1 aliphatic carbocycles. The van der Waals surface area contributed by atoms with E-state index < -0.39 is 32.9 Å². The van der Waals surface area contributed by atoms with Crippen LogP contribution in [0.5, 0.6) is 5.88 Å². The van der Waals surface area contributed by atoms with E-state index in [1.807, 2.05) is 13.8 Å². The van der Waals surface area contributed by atoms with E-state index in [1.54, 1.807) is 18.3 Å². The van der Waals surface area contributed by atoms with Crippen LogP contribution in [0.3, 0.4) is 0 Å². The molecule has 0 saturated heterocycles. The molecule has 0 fully saturated rings. The molecule has 2 aliphatic rings. The summed E-state index contributed by atoms with van der Waals surface area (Å²) in [6.07, 6.45) is 5.26. The average molecular weight is 471 g/mol. The molecule has 4 bridgehead atoms. The molecule has 1 amide bonds. The molecule has 5 rings (SSSR count). The van der Waals surface area contributed by atoms with Crippen LogP contribution >= 0.6 is 0 Å². The third-order valence-electron chi connectivity index (χ3n) is 6.04. The molecule has 33 heavy (non-hydrogen) atoms. The van der Waals surface area contributed by atoms with E-state index in [-0.39, 0.29) is 23.1 Å². The second-order valence-corrected chi connectivity index (χ2v) is 10.9. The van der Waals surface area contributed by atoms with Gasteiger partial charge in [-0.1, -0.05) is 0 Å². The van der Waals surface area contributed by atoms with Crippen molar-refractivity contribution in [2.45, 2.75) is 43.7 Å². The number of aryl methyl sites for hydroxylation is 1. The lowest BCUT2D eigenvalue weighted by Gasteiger charge is -2.25. The Morgan fingerprint density at radius 3 is 2.85 bits per heavy atom. The summed E-state index contributed by atoms with van der Waals surface area (Å²) in [6, 6.07) is 6.12. The Morgan fingerprint density at radius 2 is 2.03 bits per heavy atom. The monoisotopic (exact) mass is 470 g/mol. The van der Waals surface area contributed by atoms with E-state index in [1.165, 1.54) is 23.0 Å². The van der Waals surface area contributed by atoms with Gasteiger partial charge in [0, 0.05) is 24.0 Å².